The normalized spacial score (nSPS) is 10.8. The predicted octanol–water partition coefficient (Wildman–Crippen LogP) is 2.38. The highest BCUT2D eigenvalue weighted by atomic mass is 32.1. The number of anilines is 2. The third kappa shape index (κ3) is 5.34. The molecule has 0 bridgehead atoms. The van der Waals surface area contributed by atoms with Crippen LogP contribution in [-0.2, 0) is 9.47 Å². The predicted molar refractivity (Wildman–Crippen MR) is 81.2 cm³/mol. The van der Waals surface area contributed by atoms with Crippen molar-refractivity contribution in [3.8, 4) is 0 Å². The number of esters is 1. The summed E-state index contributed by atoms with van der Waals surface area (Å²) in [6, 6.07) is 0. The average Bonchev–Trinajstić information content (AvgIpc) is 2.75. The molecule has 0 unspecified atom stereocenters. The molecule has 6 nitrogen and oxygen atoms in total. The summed E-state index contributed by atoms with van der Waals surface area (Å²) in [5, 5.41) is 3.74. The molecule has 0 aliphatic rings. The Bertz CT molecular complexity index is 421. The third-order valence-electron chi connectivity index (χ3n) is 2.57. The van der Waals surface area contributed by atoms with Crippen molar-refractivity contribution in [1.82, 2.24) is 4.37 Å². The summed E-state index contributed by atoms with van der Waals surface area (Å²) in [6.45, 7) is 8.31. The minimum atomic E-state index is -0.443. The fraction of sp³-hybridized carbons (Fsp3) is 0.692. The maximum atomic E-state index is 11.8. The van der Waals surface area contributed by atoms with E-state index in [0.29, 0.717) is 36.2 Å². The van der Waals surface area contributed by atoms with Crippen LogP contribution in [0.2, 0.25) is 0 Å². The largest absolute Gasteiger partial charge is 0.462 e. The van der Waals surface area contributed by atoms with Gasteiger partial charge in [-0.1, -0.05) is 13.8 Å². The molecular weight excluding hydrogens is 278 g/mol. The molecule has 1 heterocycles. The molecule has 0 amide bonds. The van der Waals surface area contributed by atoms with Crippen LogP contribution in [0.5, 0.6) is 0 Å². The van der Waals surface area contributed by atoms with E-state index in [9.17, 15) is 4.79 Å². The second-order valence-corrected chi connectivity index (χ2v) is 5.49. The molecule has 0 saturated heterocycles. The zero-order chi connectivity index (χ0) is 15.0. The molecule has 0 aromatic carbocycles. The van der Waals surface area contributed by atoms with Gasteiger partial charge in [-0.2, -0.15) is 4.37 Å². The first-order chi connectivity index (χ1) is 9.56. The number of hydrogen-bond acceptors (Lipinski definition) is 7. The van der Waals surface area contributed by atoms with Crippen molar-refractivity contribution in [3.63, 3.8) is 0 Å². The fourth-order valence-electron chi connectivity index (χ4n) is 1.48. The van der Waals surface area contributed by atoms with E-state index in [0.717, 1.165) is 24.6 Å². The van der Waals surface area contributed by atoms with Crippen LogP contribution in [0.25, 0.3) is 0 Å². The van der Waals surface area contributed by atoms with Crippen LogP contribution in [0.4, 0.5) is 10.8 Å². The van der Waals surface area contributed by atoms with Crippen molar-refractivity contribution < 1.29 is 14.3 Å². The molecule has 0 aliphatic heterocycles. The quantitative estimate of drug-likeness (QED) is 0.538. The van der Waals surface area contributed by atoms with Crippen molar-refractivity contribution in [3.05, 3.63) is 5.56 Å². The molecule has 0 fully saturated rings. The number of nitrogens with two attached hydrogens (primary N) is 1. The molecule has 1 aromatic rings. The van der Waals surface area contributed by atoms with Gasteiger partial charge in [0.1, 0.15) is 10.6 Å². The highest BCUT2D eigenvalue weighted by Crippen LogP contribution is 2.27. The number of nitrogen functional groups attached to an aromatic ring is 1. The lowest BCUT2D eigenvalue weighted by Gasteiger charge is -2.08. The molecule has 20 heavy (non-hydrogen) atoms. The maximum absolute atomic E-state index is 11.8. The summed E-state index contributed by atoms with van der Waals surface area (Å²) < 4.78 is 14.4. The van der Waals surface area contributed by atoms with Crippen LogP contribution in [0, 0.1) is 5.92 Å². The van der Waals surface area contributed by atoms with Gasteiger partial charge in [0, 0.05) is 13.2 Å². The molecule has 0 aliphatic carbocycles. The van der Waals surface area contributed by atoms with Crippen molar-refractivity contribution in [2.75, 3.05) is 37.4 Å². The molecule has 0 radical (unpaired) electrons. The number of hydrogen-bond donors (Lipinski definition) is 2. The van der Waals surface area contributed by atoms with E-state index in [-0.39, 0.29) is 5.82 Å². The Morgan fingerprint density at radius 2 is 2.20 bits per heavy atom. The minimum Gasteiger partial charge on any atom is -0.462 e. The second kappa shape index (κ2) is 8.76. The highest BCUT2D eigenvalue weighted by Gasteiger charge is 2.20. The number of rotatable bonds is 9. The van der Waals surface area contributed by atoms with Gasteiger partial charge in [0.15, 0.2) is 5.82 Å². The molecule has 0 atom stereocenters. The van der Waals surface area contributed by atoms with Crippen LogP contribution in [0.1, 0.15) is 37.6 Å². The summed E-state index contributed by atoms with van der Waals surface area (Å²) in [7, 11) is 0. The van der Waals surface area contributed by atoms with Gasteiger partial charge in [-0.15, -0.1) is 0 Å². The Balaban J connectivity index is 2.39. The Hall–Kier alpha value is -1.34. The van der Waals surface area contributed by atoms with Crippen molar-refractivity contribution in [2.45, 2.75) is 27.2 Å². The topological polar surface area (TPSA) is 86.5 Å². The molecule has 114 valence electrons. The molecule has 1 rings (SSSR count). The van der Waals surface area contributed by atoms with Crippen LogP contribution in [0.15, 0.2) is 0 Å². The van der Waals surface area contributed by atoms with E-state index in [1.807, 2.05) is 0 Å². The first-order valence-electron chi connectivity index (χ1n) is 6.80. The van der Waals surface area contributed by atoms with E-state index >= 15 is 0 Å². The number of carbonyl (C=O) groups is 1. The van der Waals surface area contributed by atoms with Crippen molar-refractivity contribution >= 4 is 28.3 Å². The highest BCUT2D eigenvalue weighted by molar-refractivity contribution is 7.11. The summed E-state index contributed by atoms with van der Waals surface area (Å²) in [4.78, 5) is 11.8. The second-order valence-electron chi connectivity index (χ2n) is 4.71. The van der Waals surface area contributed by atoms with Crippen LogP contribution in [0.3, 0.4) is 0 Å². The summed E-state index contributed by atoms with van der Waals surface area (Å²) in [5.74, 6) is 0.401. The first kappa shape index (κ1) is 16.7. The Morgan fingerprint density at radius 3 is 2.85 bits per heavy atom. The zero-order valence-corrected chi connectivity index (χ0v) is 13.1. The van der Waals surface area contributed by atoms with Gasteiger partial charge in [0.05, 0.1) is 13.2 Å². The van der Waals surface area contributed by atoms with Gasteiger partial charge in [0.2, 0.25) is 0 Å². The van der Waals surface area contributed by atoms with Gasteiger partial charge >= 0.3 is 5.97 Å². The van der Waals surface area contributed by atoms with E-state index in [4.69, 9.17) is 15.2 Å². The molecule has 0 saturated carbocycles. The van der Waals surface area contributed by atoms with Gasteiger partial charge < -0.3 is 20.5 Å². The monoisotopic (exact) mass is 301 g/mol. The lowest BCUT2D eigenvalue weighted by molar-refractivity contribution is 0.0529. The summed E-state index contributed by atoms with van der Waals surface area (Å²) >= 11 is 1.16. The maximum Gasteiger partial charge on any atom is 0.344 e. The molecule has 7 heteroatoms. The van der Waals surface area contributed by atoms with E-state index in [2.05, 4.69) is 23.5 Å². The molecule has 3 N–H and O–H groups in total. The Morgan fingerprint density at radius 1 is 1.45 bits per heavy atom. The summed E-state index contributed by atoms with van der Waals surface area (Å²) in [6.07, 6.45) is 1.04. The molecule has 1 aromatic heterocycles. The minimum absolute atomic E-state index is 0.205. The number of ether oxygens (including phenoxy) is 2. The van der Waals surface area contributed by atoms with Gasteiger partial charge in [-0.25, -0.2) is 4.79 Å². The third-order valence-corrected chi connectivity index (χ3v) is 3.39. The van der Waals surface area contributed by atoms with E-state index in [1.54, 1.807) is 6.92 Å². The SMILES string of the molecule is CCOC(=O)c1c(N)nsc1NCCOCCC(C)C. The number of nitrogens with zero attached hydrogens (tertiary/aromatic N) is 1. The van der Waals surface area contributed by atoms with Crippen LogP contribution < -0.4 is 11.1 Å². The molecular formula is C13H23N3O3S. The van der Waals surface area contributed by atoms with Crippen molar-refractivity contribution in [1.29, 1.82) is 0 Å². The number of nitrogens with one attached hydrogen (secondary N) is 1. The Kier molecular flexibility index (Phi) is 7.32. The number of carbonyl (C=O) groups excluding carboxylic acids is 1. The average molecular weight is 301 g/mol. The molecule has 0 spiro atoms. The van der Waals surface area contributed by atoms with Crippen LogP contribution in [-0.4, -0.2) is 36.7 Å². The van der Waals surface area contributed by atoms with Gasteiger partial charge in [-0.3, -0.25) is 0 Å². The first-order valence-corrected chi connectivity index (χ1v) is 7.57. The fourth-order valence-corrected chi connectivity index (χ4v) is 2.21. The van der Waals surface area contributed by atoms with E-state index < -0.39 is 5.97 Å². The van der Waals surface area contributed by atoms with Crippen LogP contribution >= 0.6 is 11.5 Å². The smallest absolute Gasteiger partial charge is 0.344 e. The van der Waals surface area contributed by atoms with Gasteiger partial charge in [-0.05, 0) is 30.8 Å². The lowest BCUT2D eigenvalue weighted by Crippen LogP contribution is -2.13. The Labute approximate surface area is 123 Å². The van der Waals surface area contributed by atoms with Gasteiger partial charge in [0.25, 0.3) is 0 Å². The number of aromatic nitrogens is 1. The van der Waals surface area contributed by atoms with Crippen molar-refractivity contribution in [2.24, 2.45) is 5.92 Å². The lowest BCUT2D eigenvalue weighted by atomic mass is 10.1. The van der Waals surface area contributed by atoms with E-state index in [1.165, 1.54) is 0 Å². The standard InChI is InChI=1S/C13H23N3O3S/c1-4-19-13(17)10-11(14)16-20-12(10)15-6-8-18-7-5-9(2)3/h9,15H,4-8H2,1-3H3,(H2,14,16). The zero-order valence-electron chi connectivity index (χ0n) is 12.3. The summed E-state index contributed by atoms with van der Waals surface area (Å²) in [5.41, 5.74) is 6.00.